The molecule has 1 saturated carbocycles. The minimum Gasteiger partial charge on any atom is -0.374 e. The average molecular weight is 331 g/mol. The molecule has 7 nitrogen and oxygen atoms in total. The number of carbonyl (C=O) groups is 1. The van der Waals surface area contributed by atoms with Crippen molar-refractivity contribution in [1.29, 1.82) is 0 Å². The van der Waals surface area contributed by atoms with Crippen LogP contribution in [0, 0.1) is 5.92 Å². The molecular weight excluding hydrogens is 306 g/mol. The molecule has 1 atom stereocenters. The zero-order chi connectivity index (χ0) is 16.5. The molecule has 24 heavy (non-hydrogen) atoms. The first-order valence-corrected chi connectivity index (χ1v) is 8.94. The highest BCUT2D eigenvalue weighted by molar-refractivity contribution is 5.81. The first-order valence-electron chi connectivity index (χ1n) is 8.94. The van der Waals surface area contributed by atoms with Gasteiger partial charge in [-0.15, -0.1) is 0 Å². The normalized spacial score (nSPS) is 24.0. The molecule has 4 rings (SSSR count). The third-order valence-corrected chi connectivity index (χ3v) is 5.15. The van der Waals surface area contributed by atoms with Gasteiger partial charge in [-0.25, -0.2) is 9.97 Å². The zero-order valence-corrected chi connectivity index (χ0v) is 14.0. The number of hydrogen-bond acceptors (Lipinski definition) is 6. The van der Waals surface area contributed by atoms with Crippen LogP contribution in [0.5, 0.6) is 0 Å². The van der Waals surface area contributed by atoms with Gasteiger partial charge in [-0.1, -0.05) is 0 Å². The lowest BCUT2D eigenvalue weighted by Crippen LogP contribution is -2.45. The molecule has 0 spiro atoms. The molecular formula is C17H25N5O2. The standard InChI is InChI=1S/C17H25N5O2/c18-5-3-13-9-21(7-8-24-13)16-14-4-6-22(17(23)12-1-2-12)10-15(14)19-11-20-16/h11-13H,1-10,18H2/t13-/m0/s1. The summed E-state index contributed by atoms with van der Waals surface area (Å²) in [5, 5.41) is 0. The van der Waals surface area contributed by atoms with Crippen LogP contribution >= 0.6 is 0 Å². The Labute approximate surface area is 142 Å². The molecule has 1 amide bonds. The average Bonchev–Trinajstić information content (AvgIpc) is 3.46. The fraction of sp³-hybridized carbons (Fsp3) is 0.706. The number of ether oxygens (including phenoxy) is 1. The summed E-state index contributed by atoms with van der Waals surface area (Å²) in [7, 11) is 0. The molecule has 1 aliphatic carbocycles. The highest BCUT2D eigenvalue weighted by Crippen LogP contribution is 2.33. The van der Waals surface area contributed by atoms with Gasteiger partial charge in [0.2, 0.25) is 5.91 Å². The van der Waals surface area contributed by atoms with Crippen LogP contribution < -0.4 is 10.6 Å². The maximum absolute atomic E-state index is 12.3. The summed E-state index contributed by atoms with van der Waals surface area (Å²) in [6.45, 7) is 4.41. The molecule has 7 heteroatoms. The predicted molar refractivity (Wildman–Crippen MR) is 89.5 cm³/mol. The Morgan fingerprint density at radius 1 is 1.33 bits per heavy atom. The summed E-state index contributed by atoms with van der Waals surface area (Å²) in [4.78, 5) is 25.6. The molecule has 0 bridgehead atoms. The third kappa shape index (κ3) is 3.10. The number of carbonyl (C=O) groups excluding carboxylic acids is 1. The van der Waals surface area contributed by atoms with Crippen molar-refractivity contribution in [1.82, 2.24) is 14.9 Å². The number of anilines is 1. The van der Waals surface area contributed by atoms with Crippen molar-refractivity contribution in [2.24, 2.45) is 11.7 Å². The molecule has 0 unspecified atom stereocenters. The molecule has 2 fully saturated rings. The molecule has 2 N–H and O–H groups in total. The largest absolute Gasteiger partial charge is 0.374 e. The minimum atomic E-state index is 0.172. The van der Waals surface area contributed by atoms with E-state index in [1.807, 2.05) is 4.90 Å². The first kappa shape index (κ1) is 15.8. The summed E-state index contributed by atoms with van der Waals surface area (Å²) >= 11 is 0. The van der Waals surface area contributed by atoms with E-state index in [4.69, 9.17) is 10.5 Å². The van der Waals surface area contributed by atoms with Crippen molar-refractivity contribution in [2.75, 3.05) is 37.7 Å². The molecule has 0 aromatic carbocycles. The predicted octanol–water partition coefficient (Wildman–Crippen LogP) is 0.325. The zero-order valence-electron chi connectivity index (χ0n) is 14.0. The highest BCUT2D eigenvalue weighted by atomic mass is 16.5. The van der Waals surface area contributed by atoms with Crippen LogP contribution in [-0.4, -0.2) is 59.7 Å². The Hall–Kier alpha value is -1.73. The summed E-state index contributed by atoms with van der Waals surface area (Å²) in [5.74, 6) is 1.59. The van der Waals surface area contributed by atoms with Crippen LogP contribution in [0.1, 0.15) is 30.5 Å². The number of morpholine rings is 1. The van der Waals surface area contributed by atoms with Gasteiger partial charge in [-0.3, -0.25) is 4.79 Å². The maximum atomic E-state index is 12.3. The van der Waals surface area contributed by atoms with Crippen LogP contribution in [0.2, 0.25) is 0 Å². The number of rotatable bonds is 4. The fourth-order valence-electron chi connectivity index (χ4n) is 3.66. The summed E-state index contributed by atoms with van der Waals surface area (Å²) in [6, 6.07) is 0. The summed E-state index contributed by atoms with van der Waals surface area (Å²) < 4.78 is 5.78. The van der Waals surface area contributed by atoms with E-state index in [9.17, 15) is 4.79 Å². The van der Waals surface area contributed by atoms with E-state index in [0.717, 1.165) is 56.8 Å². The Balaban J connectivity index is 1.51. The van der Waals surface area contributed by atoms with Crippen LogP contribution in [0.25, 0.3) is 0 Å². The van der Waals surface area contributed by atoms with E-state index in [0.29, 0.717) is 25.6 Å². The monoisotopic (exact) mass is 331 g/mol. The van der Waals surface area contributed by atoms with Crippen molar-refractivity contribution in [3.05, 3.63) is 17.6 Å². The highest BCUT2D eigenvalue weighted by Gasteiger charge is 2.36. The Morgan fingerprint density at radius 2 is 2.21 bits per heavy atom. The quantitative estimate of drug-likeness (QED) is 0.856. The molecule has 3 aliphatic rings. The molecule has 3 heterocycles. The van der Waals surface area contributed by atoms with Crippen LogP contribution in [0.4, 0.5) is 5.82 Å². The lowest BCUT2D eigenvalue weighted by molar-refractivity contribution is -0.133. The van der Waals surface area contributed by atoms with Crippen molar-refractivity contribution in [3.8, 4) is 0 Å². The third-order valence-electron chi connectivity index (χ3n) is 5.15. The van der Waals surface area contributed by atoms with E-state index < -0.39 is 0 Å². The molecule has 1 aromatic heterocycles. The molecule has 1 aromatic rings. The van der Waals surface area contributed by atoms with E-state index in [1.54, 1.807) is 6.33 Å². The van der Waals surface area contributed by atoms with Gasteiger partial charge >= 0.3 is 0 Å². The number of nitrogens with zero attached hydrogens (tertiary/aromatic N) is 4. The van der Waals surface area contributed by atoms with Crippen molar-refractivity contribution >= 4 is 11.7 Å². The van der Waals surface area contributed by atoms with Gasteiger partial charge < -0.3 is 20.3 Å². The Morgan fingerprint density at radius 3 is 3.00 bits per heavy atom. The molecule has 1 saturated heterocycles. The lowest BCUT2D eigenvalue weighted by atomic mass is 10.0. The Bertz CT molecular complexity index is 617. The van der Waals surface area contributed by atoms with Crippen molar-refractivity contribution in [2.45, 2.75) is 38.3 Å². The van der Waals surface area contributed by atoms with Crippen LogP contribution in [-0.2, 0) is 22.5 Å². The van der Waals surface area contributed by atoms with Gasteiger partial charge in [-0.05, 0) is 32.2 Å². The first-order chi connectivity index (χ1) is 11.8. The molecule has 0 radical (unpaired) electrons. The number of amides is 1. The lowest BCUT2D eigenvalue weighted by Gasteiger charge is -2.36. The van der Waals surface area contributed by atoms with Crippen LogP contribution in [0.3, 0.4) is 0 Å². The van der Waals surface area contributed by atoms with Gasteiger partial charge in [0.1, 0.15) is 12.1 Å². The number of nitrogens with two attached hydrogens (primary N) is 1. The topological polar surface area (TPSA) is 84.6 Å². The van der Waals surface area contributed by atoms with Crippen LogP contribution in [0.15, 0.2) is 6.33 Å². The van der Waals surface area contributed by atoms with E-state index in [1.165, 1.54) is 5.56 Å². The van der Waals surface area contributed by atoms with E-state index >= 15 is 0 Å². The van der Waals surface area contributed by atoms with Gasteiger partial charge in [0.25, 0.3) is 0 Å². The van der Waals surface area contributed by atoms with Gasteiger partial charge in [0.05, 0.1) is 24.9 Å². The number of hydrogen-bond donors (Lipinski definition) is 1. The summed E-state index contributed by atoms with van der Waals surface area (Å²) in [5.41, 5.74) is 7.87. The second-order valence-corrected chi connectivity index (χ2v) is 6.92. The number of fused-ring (bicyclic) bond motifs is 1. The van der Waals surface area contributed by atoms with Crippen molar-refractivity contribution in [3.63, 3.8) is 0 Å². The van der Waals surface area contributed by atoms with Gasteiger partial charge in [0, 0.05) is 31.1 Å². The Kier molecular flexibility index (Phi) is 4.37. The maximum Gasteiger partial charge on any atom is 0.226 e. The van der Waals surface area contributed by atoms with Crippen molar-refractivity contribution < 1.29 is 9.53 Å². The number of aromatic nitrogens is 2. The molecule has 2 aliphatic heterocycles. The van der Waals surface area contributed by atoms with Gasteiger partial charge in [0.15, 0.2) is 0 Å². The molecule has 130 valence electrons. The second-order valence-electron chi connectivity index (χ2n) is 6.92. The van der Waals surface area contributed by atoms with Gasteiger partial charge in [-0.2, -0.15) is 0 Å². The summed E-state index contributed by atoms with van der Waals surface area (Å²) in [6.07, 6.45) is 5.61. The minimum absolute atomic E-state index is 0.172. The second kappa shape index (κ2) is 6.64. The van der Waals surface area contributed by atoms with E-state index in [2.05, 4.69) is 14.9 Å². The SMILES string of the molecule is NCC[C@H]1CN(c2ncnc3c2CCN(C(=O)C2CC2)C3)CCO1. The fourth-order valence-corrected chi connectivity index (χ4v) is 3.66. The van der Waals surface area contributed by atoms with E-state index in [-0.39, 0.29) is 12.0 Å². The smallest absolute Gasteiger partial charge is 0.226 e.